The van der Waals surface area contributed by atoms with Crippen LogP contribution < -0.4 is 5.73 Å². The molecule has 0 radical (unpaired) electrons. The molecule has 3 N–H and O–H groups in total. The number of hydrogen-bond acceptors (Lipinski definition) is 4. The van der Waals surface area contributed by atoms with Crippen molar-refractivity contribution in [3.05, 3.63) is 0 Å². The van der Waals surface area contributed by atoms with Crippen molar-refractivity contribution in [2.75, 3.05) is 39.3 Å². The monoisotopic (exact) mass is 227 g/mol. The fourth-order valence-corrected chi connectivity index (χ4v) is 2.69. The fraction of sp³-hybridized carbons (Fsp3) is 1.00. The average molecular weight is 227 g/mol. The summed E-state index contributed by atoms with van der Waals surface area (Å²) in [5.41, 5.74) is 5.88. The van der Waals surface area contributed by atoms with Gasteiger partial charge in [0.1, 0.15) is 0 Å². The van der Waals surface area contributed by atoms with Gasteiger partial charge in [-0.05, 0) is 45.3 Å². The standard InChI is InChI=1S/C12H25N3O/c13-11-3-6-14(7-4-11)8-9-15-5-1-2-12(16)10-15/h11-12,16H,1-10,13H2. The van der Waals surface area contributed by atoms with Crippen molar-refractivity contribution in [3.63, 3.8) is 0 Å². The molecule has 1 atom stereocenters. The molecule has 16 heavy (non-hydrogen) atoms. The summed E-state index contributed by atoms with van der Waals surface area (Å²) in [6, 6.07) is 0.424. The predicted molar refractivity (Wildman–Crippen MR) is 65.3 cm³/mol. The summed E-state index contributed by atoms with van der Waals surface area (Å²) in [7, 11) is 0. The molecule has 2 rings (SSSR count). The highest BCUT2D eigenvalue weighted by Crippen LogP contribution is 2.11. The number of nitrogens with zero attached hydrogens (tertiary/aromatic N) is 2. The molecule has 0 aromatic rings. The van der Waals surface area contributed by atoms with E-state index in [2.05, 4.69) is 9.80 Å². The van der Waals surface area contributed by atoms with Crippen molar-refractivity contribution in [3.8, 4) is 0 Å². The number of β-amino-alcohol motifs (C(OH)–C–C–N with tert-alkyl or cyclic N) is 1. The third-order valence-corrected chi connectivity index (χ3v) is 3.85. The normalized spacial score (nSPS) is 30.8. The molecule has 0 aromatic carbocycles. The van der Waals surface area contributed by atoms with Gasteiger partial charge in [-0.15, -0.1) is 0 Å². The zero-order valence-corrected chi connectivity index (χ0v) is 10.1. The maximum atomic E-state index is 9.58. The van der Waals surface area contributed by atoms with E-state index in [1.165, 1.54) is 0 Å². The van der Waals surface area contributed by atoms with Crippen LogP contribution in [0.3, 0.4) is 0 Å². The van der Waals surface area contributed by atoms with Gasteiger partial charge in [0.15, 0.2) is 0 Å². The van der Waals surface area contributed by atoms with E-state index in [4.69, 9.17) is 5.73 Å². The Morgan fingerprint density at radius 1 is 1.00 bits per heavy atom. The van der Waals surface area contributed by atoms with Crippen LogP contribution >= 0.6 is 0 Å². The Morgan fingerprint density at radius 2 is 1.69 bits per heavy atom. The van der Waals surface area contributed by atoms with E-state index in [0.29, 0.717) is 6.04 Å². The van der Waals surface area contributed by atoms with Gasteiger partial charge in [0.05, 0.1) is 6.10 Å². The van der Waals surface area contributed by atoms with Crippen molar-refractivity contribution >= 4 is 0 Å². The summed E-state index contributed by atoms with van der Waals surface area (Å²) in [4.78, 5) is 4.90. The maximum Gasteiger partial charge on any atom is 0.0667 e. The van der Waals surface area contributed by atoms with Gasteiger partial charge in [0, 0.05) is 25.7 Å². The van der Waals surface area contributed by atoms with Crippen molar-refractivity contribution < 1.29 is 5.11 Å². The number of likely N-dealkylation sites (tertiary alicyclic amines) is 2. The van der Waals surface area contributed by atoms with E-state index in [9.17, 15) is 5.11 Å². The lowest BCUT2D eigenvalue weighted by molar-refractivity contribution is 0.0625. The lowest BCUT2D eigenvalue weighted by atomic mass is 10.1. The molecule has 0 aromatic heterocycles. The second-order valence-electron chi connectivity index (χ2n) is 5.28. The molecule has 2 saturated heterocycles. The Labute approximate surface area is 98.4 Å². The van der Waals surface area contributed by atoms with Gasteiger partial charge < -0.3 is 15.7 Å². The van der Waals surface area contributed by atoms with Gasteiger partial charge in [0.2, 0.25) is 0 Å². The number of nitrogens with two attached hydrogens (primary N) is 1. The van der Waals surface area contributed by atoms with Crippen molar-refractivity contribution in [1.29, 1.82) is 0 Å². The largest absolute Gasteiger partial charge is 0.392 e. The van der Waals surface area contributed by atoms with Gasteiger partial charge in [-0.3, -0.25) is 4.90 Å². The maximum absolute atomic E-state index is 9.58. The van der Waals surface area contributed by atoms with Crippen LogP contribution in [0, 0.1) is 0 Å². The Balaban J connectivity index is 1.63. The van der Waals surface area contributed by atoms with Crippen LogP contribution in [0.25, 0.3) is 0 Å². The average Bonchev–Trinajstić information content (AvgIpc) is 2.28. The van der Waals surface area contributed by atoms with Crippen molar-refractivity contribution in [2.24, 2.45) is 5.73 Å². The molecule has 0 spiro atoms. The first-order valence-corrected chi connectivity index (χ1v) is 6.62. The summed E-state index contributed by atoms with van der Waals surface area (Å²) < 4.78 is 0. The van der Waals surface area contributed by atoms with E-state index < -0.39 is 0 Å². The van der Waals surface area contributed by atoms with Gasteiger partial charge in [-0.25, -0.2) is 0 Å². The van der Waals surface area contributed by atoms with Crippen LogP contribution in [0.5, 0.6) is 0 Å². The van der Waals surface area contributed by atoms with Crippen LogP contribution in [0.4, 0.5) is 0 Å². The Kier molecular flexibility index (Phi) is 4.58. The molecule has 2 heterocycles. The first-order valence-electron chi connectivity index (χ1n) is 6.62. The molecule has 0 aliphatic carbocycles. The molecule has 0 saturated carbocycles. The lowest BCUT2D eigenvalue weighted by Crippen LogP contribution is -2.45. The van der Waals surface area contributed by atoms with Crippen LogP contribution in [0.15, 0.2) is 0 Å². The quantitative estimate of drug-likeness (QED) is 0.705. The van der Waals surface area contributed by atoms with E-state index in [1.807, 2.05) is 0 Å². The topological polar surface area (TPSA) is 52.7 Å². The minimum atomic E-state index is -0.0940. The molecule has 1 unspecified atom stereocenters. The van der Waals surface area contributed by atoms with Gasteiger partial charge in [0.25, 0.3) is 0 Å². The van der Waals surface area contributed by atoms with Crippen LogP contribution in [-0.4, -0.2) is 66.3 Å². The van der Waals surface area contributed by atoms with Crippen LogP contribution in [0.1, 0.15) is 25.7 Å². The first kappa shape index (κ1) is 12.3. The van der Waals surface area contributed by atoms with Crippen LogP contribution in [0.2, 0.25) is 0 Å². The third kappa shape index (κ3) is 3.70. The number of piperidine rings is 2. The molecular formula is C12H25N3O. The van der Waals surface area contributed by atoms with Crippen molar-refractivity contribution in [1.82, 2.24) is 9.80 Å². The van der Waals surface area contributed by atoms with E-state index in [0.717, 1.165) is 65.0 Å². The molecule has 2 aliphatic heterocycles. The summed E-state index contributed by atoms with van der Waals surface area (Å²) >= 11 is 0. The second-order valence-corrected chi connectivity index (χ2v) is 5.28. The number of hydrogen-bond donors (Lipinski definition) is 2. The first-order chi connectivity index (χ1) is 7.74. The molecule has 94 valence electrons. The number of rotatable bonds is 3. The molecule has 0 amide bonds. The van der Waals surface area contributed by atoms with Gasteiger partial charge in [-0.1, -0.05) is 0 Å². The molecule has 2 fully saturated rings. The SMILES string of the molecule is NC1CCN(CCN2CCCC(O)C2)CC1. The number of aliphatic hydroxyl groups is 1. The summed E-state index contributed by atoms with van der Waals surface area (Å²) in [6.07, 6.45) is 4.32. The molecular weight excluding hydrogens is 202 g/mol. The predicted octanol–water partition coefficient (Wildman–Crippen LogP) is -0.134. The Hall–Kier alpha value is -0.160. The highest BCUT2D eigenvalue weighted by molar-refractivity contribution is 4.77. The summed E-state index contributed by atoms with van der Waals surface area (Å²) in [5.74, 6) is 0. The second kappa shape index (κ2) is 5.96. The minimum Gasteiger partial charge on any atom is -0.392 e. The Morgan fingerprint density at radius 3 is 2.38 bits per heavy atom. The van der Waals surface area contributed by atoms with Gasteiger partial charge in [-0.2, -0.15) is 0 Å². The van der Waals surface area contributed by atoms with E-state index >= 15 is 0 Å². The number of aliphatic hydroxyl groups excluding tert-OH is 1. The fourth-order valence-electron chi connectivity index (χ4n) is 2.69. The van der Waals surface area contributed by atoms with Crippen molar-refractivity contribution in [2.45, 2.75) is 37.8 Å². The summed E-state index contributed by atoms with van der Waals surface area (Å²) in [5, 5.41) is 9.58. The minimum absolute atomic E-state index is 0.0940. The molecule has 4 nitrogen and oxygen atoms in total. The Bertz CT molecular complexity index is 204. The zero-order chi connectivity index (χ0) is 11.4. The lowest BCUT2D eigenvalue weighted by Gasteiger charge is -2.34. The molecule has 2 aliphatic rings. The van der Waals surface area contributed by atoms with Crippen LogP contribution in [-0.2, 0) is 0 Å². The zero-order valence-electron chi connectivity index (χ0n) is 10.1. The molecule has 4 heteroatoms. The van der Waals surface area contributed by atoms with Gasteiger partial charge >= 0.3 is 0 Å². The summed E-state index contributed by atoms with van der Waals surface area (Å²) in [6.45, 7) is 6.57. The molecule has 0 bridgehead atoms. The highest BCUT2D eigenvalue weighted by Gasteiger charge is 2.20. The van der Waals surface area contributed by atoms with E-state index in [1.54, 1.807) is 0 Å². The highest BCUT2D eigenvalue weighted by atomic mass is 16.3. The third-order valence-electron chi connectivity index (χ3n) is 3.85. The smallest absolute Gasteiger partial charge is 0.0667 e. The van der Waals surface area contributed by atoms with E-state index in [-0.39, 0.29) is 6.10 Å².